The number of pyridine rings is 1. The maximum atomic E-state index is 7.53. The van der Waals surface area contributed by atoms with Crippen molar-refractivity contribution in [2.24, 2.45) is 11.3 Å². The predicted octanol–water partition coefficient (Wildman–Crippen LogP) is 6.94. The number of benzene rings is 1. The Morgan fingerprint density at radius 2 is 1.94 bits per heavy atom. The number of rotatable bonds is 2. The van der Waals surface area contributed by atoms with E-state index in [-0.39, 0.29) is 16.6 Å². The van der Waals surface area contributed by atoms with Crippen molar-refractivity contribution in [1.82, 2.24) is 9.88 Å². The van der Waals surface area contributed by atoms with Gasteiger partial charge in [-0.25, -0.2) is 0 Å². The van der Waals surface area contributed by atoms with Gasteiger partial charge in [0.15, 0.2) is 0 Å². The van der Waals surface area contributed by atoms with Crippen LogP contribution in [0.25, 0.3) is 10.8 Å². The molecule has 6 atom stereocenters. The first kappa shape index (κ1) is 21.1. The summed E-state index contributed by atoms with van der Waals surface area (Å²) in [4.78, 5) is 7.18. The van der Waals surface area contributed by atoms with Crippen LogP contribution in [0.15, 0.2) is 60.0 Å². The molecule has 4 fully saturated rings. The number of hydrogen-bond donors (Lipinski definition) is 0. The molecule has 8 rings (SSSR count). The van der Waals surface area contributed by atoms with Crippen molar-refractivity contribution in [1.29, 1.82) is 0 Å². The molecule has 3 heteroatoms. The van der Waals surface area contributed by atoms with E-state index in [4.69, 9.17) is 4.74 Å². The Labute approximate surface area is 209 Å². The van der Waals surface area contributed by atoms with Crippen molar-refractivity contribution in [3.05, 3.63) is 65.5 Å². The van der Waals surface area contributed by atoms with Gasteiger partial charge in [0.25, 0.3) is 0 Å². The molecule has 2 spiro atoms. The second-order valence-corrected chi connectivity index (χ2v) is 12.8. The Morgan fingerprint density at radius 1 is 1.03 bits per heavy atom. The average Bonchev–Trinajstić information content (AvgIpc) is 3.60. The summed E-state index contributed by atoms with van der Waals surface area (Å²) in [7, 11) is 0. The topological polar surface area (TPSA) is 25.4 Å². The highest BCUT2D eigenvalue weighted by atomic mass is 16.5. The maximum Gasteiger partial charge on any atom is 0.0974 e. The van der Waals surface area contributed by atoms with E-state index in [1.807, 2.05) is 12.4 Å². The third kappa shape index (κ3) is 2.83. The number of aromatic nitrogens is 1. The van der Waals surface area contributed by atoms with Gasteiger partial charge in [-0.1, -0.05) is 31.2 Å². The molecule has 3 aliphatic carbocycles. The lowest BCUT2D eigenvalue weighted by molar-refractivity contribution is -0.140. The molecule has 0 unspecified atom stereocenters. The summed E-state index contributed by atoms with van der Waals surface area (Å²) in [5.74, 6) is 1.22. The van der Waals surface area contributed by atoms with Crippen LogP contribution in [0.3, 0.4) is 0 Å². The van der Waals surface area contributed by atoms with Crippen LogP contribution in [-0.2, 0) is 4.74 Å². The number of allylic oxidation sites excluding steroid dienone is 1. The molecule has 1 aromatic heterocycles. The zero-order valence-electron chi connectivity index (χ0n) is 21.1. The monoisotopic (exact) mass is 466 g/mol. The zero-order chi connectivity index (χ0) is 23.3. The molecule has 6 aliphatic rings. The predicted molar refractivity (Wildman–Crippen MR) is 140 cm³/mol. The molecule has 0 radical (unpaired) electrons. The Morgan fingerprint density at radius 3 is 2.86 bits per heavy atom. The van der Waals surface area contributed by atoms with E-state index in [0.29, 0.717) is 11.8 Å². The van der Waals surface area contributed by atoms with Crippen LogP contribution in [0.2, 0.25) is 0 Å². The van der Waals surface area contributed by atoms with Crippen LogP contribution in [0, 0.1) is 11.3 Å². The van der Waals surface area contributed by atoms with Crippen molar-refractivity contribution in [3.8, 4) is 0 Å². The summed E-state index contributed by atoms with van der Waals surface area (Å²) in [5.41, 5.74) is 4.93. The van der Waals surface area contributed by atoms with Gasteiger partial charge in [0, 0.05) is 23.8 Å². The normalized spacial score (nSPS) is 42.4. The SMILES string of the molecule is C[C@]12CC=C3C=C4CC[C@H](N5CCCC5)C[C@]45CC[C@]3(O5)[C@@H]1CC[C@@H]2c1ccc2ccncc2c1. The second kappa shape index (κ2) is 7.29. The third-order valence-corrected chi connectivity index (χ3v) is 11.4. The van der Waals surface area contributed by atoms with E-state index < -0.39 is 0 Å². The molecule has 3 aliphatic heterocycles. The van der Waals surface area contributed by atoms with Gasteiger partial charge in [-0.05, 0) is 129 Å². The van der Waals surface area contributed by atoms with E-state index in [2.05, 4.69) is 53.2 Å². The second-order valence-electron chi connectivity index (χ2n) is 12.8. The molecule has 2 saturated carbocycles. The minimum Gasteiger partial charge on any atom is -0.359 e. The lowest BCUT2D eigenvalue weighted by Gasteiger charge is -2.55. The van der Waals surface area contributed by atoms with E-state index in [1.54, 1.807) is 11.1 Å². The van der Waals surface area contributed by atoms with E-state index in [0.717, 1.165) is 6.04 Å². The van der Waals surface area contributed by atoms with Gasteiger partial charge in [0.1, 0.15) is 0 Å². The Hall–Kier alpha value is -1.97. The summed E-state index contributed by atoms with van der Waals surface area (Å²) >= 11 is 0. The highest BCUT2D eigenvalue weighted by Gasteiger charge is 2.66. The lowest BCUT2D eigenvalue weighted by Crippen LogP contribution is -2.55. The first-order chi connectivity index (χ1) is 17.1. The van der Waals surface area contributed by atoms with Crippen molar-refractivity contribution < 1.29 is 4.74 Å². The summed E-state index contributed by atoms with van der Waals surface area (Å²) in [6.45, 7) is 5.20. The van der Waals surface area contributed by atoms with Crippen LogP contribution in [0.1, 0.15) is 82.6 Å². The van der Waals surface area contributed by atoms with Crippen molar-refractivity contribution >= 4 is 10.8 Å². The molecule has 182 valence electrons. The molecule has 2 aromatic rings. The van der Waals surface area contributed by atoms with Crippen LogP contribution >= 0.6 is 0 Å². The molecule has 35 heavy (non-hydrogen) atoms. The fourth-order valence-corrected chi connectivity index (χ4v) is 9.67. The number of fused-ring (bicyclic) bond motifs is 2. The molecule has 1 aromatic carbocycles. The lowest BCUT2D eigenvalue weighted by atomic mass is 9.58. The number of nitrogens with zero attached hydrogens (tertiary/aromatic N) is 2. The van der Waals surface area contributed by atoms with Gasteiger partial charge < -0.3 is 9.64 Å². The highest BCUT2D eigenvalue weighted by molar-refractivity contribution is 5.82. The fraction of sp³-hybridized carbons (Fsp3) is 0.594. The van der Waals surface area contributed by atoms with E-state index in [9.17, 15) is 0 Å². The molecular weight excluding hydrogens is 428 g/mol. The largest absolute Gasteiger partial charge is 0.359 e. The Kier molecular flexibility index (Phi) is 4.41. The van der Waals surface area contributed by atoms with Gasteiger partial charge in [0.05, 0.1) is 11.2 Å². The maximum absolute atomic E-state index is 7.53. The summed E-state index contributed by atoms with van der Waals surface area (Å²) < 4.78 is 7.53. The molecule has 4 heterocycles. The standard InChI is InChI=1S/C32H38N2O/c1-30-12-10-26-19-25-6-7-27(34-16-2-3-17-34)20-31(25)13-14-32(26,35-31)29(30)9-8-28(30)23-5-4-22-11-15-33-21-24(22)18-23/h4-5,10-11,15,18-19,21,27-29H,2-3,6-9,12-14,16-17,20H2,1H3/t27-,28+,29+,30+,31+,32+/m0/s1. The molecule has 2 bridgehead atoms. The highest BCUT2D eigenvalue weighted by Crippen LogP contribution is 2.69. The van der Waals surface area contributed by atoms with Crippen molar-refractivity contribution in [2.45, 2.75) is 94.3 Å². The number of hydrogen-bond acceptors (Lipinski definition) is 3. The fourth-order valence-electron chi connectivity index (χ4n) is 9.67. The Bertz CT molecular complexity index is 1260. The van der Waals surface area contributed by atoms with Crippen molar-refractivity contribution in [2.75, 3.05) is 13.1 Å². The summed E-state index contributed by atoms with van der Waals surface area (Å²) in [5, 5.41) is 2.57. The number of ether oxygens (including phenoxy) is 1. The first-order valence-electron chi connectivity index (χ1n) is 14.3. The smallest absolute Gasteiger partial charge is 0.0974 e. The quantitative estimate of drug-likeness (QED) is 0.479. The molecule has 0 N–H and O–H groups in total. The number of likely N-dealkylation sites (tertiary alicyclic amines) is 1. The molecule has 0 amide bonds. The van der Waals surface area contributed by atoms with Gasteiger partial charge in [-0.2, -0.15) is 0 Å². The van der Waals surface area contributed by atoms with Gasteiger partial charge >= 0.3 is 0 Å². The van der Waals surface area contributed by atoms with Crippen molar-refractivity contribution in [3.63, 3.8) is 0 Å². The molecular formula is C32H38N2O. The van der Waals surface area contributed by atoms with Gasteiger partial charge in [0.2, 0.25) is 0 Å². The average molecular weight is 467 g/mol. The summed E-state index contributed by atoms with van der Waals surface area (Å²) in [6, 6.07) is 9.99. The molecule has 3 nitrogen and oxygen atoms in total. The van der Waals surface area contributed by atoms with E-state index >= 15 is 0 Å². The van der Waals surface area contributed by atoms with Crippen LogP contribution < -0.4 is 0 Å². The van der Waals surface area contributed by atoms with Crippen LogP contribution in [0.4, 0.5) is 0 Å². The Balaban J connectivity index is 1.15. The third-order valence-electron chi connectivity index (χ3n) is 11.4. The van der Waals surface area contributed by atoms with Crippen LogP contribution in [-0.4, -0.2) is 40.2 Å². The first-order valence-corrected chi connectivity index (χ1v) is 14.3. The zero-order valence-corrected chi connectivity index (χ0v) is 21.1. The van der Waals surface area contributed by atoms with Gasteiger partial charge in [-0.3, -0.25) is 4.98 Å². The molecule has 2 saturated heterocycles. The minimum atomic E-state index is -0.0451. The summed E-state index contributed by atoms with van der Waals surface area (Å²) in [6.07, 6.45) is 22.0. The van der Waals surface area contributed by atoms with Gasteiger partial charge in [-0.15, -0.1) is 0 Å². The minimum absolute atomic E-state index is 0.0216. The van der Waals surface area contributed by atoms with E-state index in [1.165, 1.54) is 93.6 Å². The van der Waals surface area contributed by atoms with Crippen LogP contribution in [0.5, 0.6) is 0 Å².